The van der Waals surface area contributed by atoms with Crippen LogP contribution in [0.1, 0.15) is 98.8 Å². The van der Waals surface area contributed by atoms with E-state index in [1.54, 1.807) is 0 Å². The molecule has 4 aliphatic carbocycles. The Kier molecular flexibility index (Phi) is 5.82. The molecule has 0 spiro atoms. The van der Waals surface area contributed by atoms with Crippen molar-refractivity contribution in [2.45, 2.75) is 105 Å². The summed E-state index contributed by atoms with van der Waals surface area (Å²) in [6, 6.07) is 0. The molecule has 1 N–H and O–H groups in total. The number of allylic oxidation sites excluding steroid dienone is 1. The van der Waals surface area contributed by atoms with E-state index in [1.807, 2.05) is 6.08 Å². The Hall–Kier alpha value is -0.630. The fraction of sp³-hybridized carbons (Fsp3) is 0.889. The Balaban J connectivity index is 1.54. The maximum absolute atomic E-state index is 13.4. The number of aliphatic hydroxyl groups is 1. The molecule has 0 amide bonds. The Bertz CT molecular complexity index is 663. The molecule has 29 heavy (non-hydrogen) atoms. The normalized spacial score (nSPS) is 45.4. The van der Waals surface area contributed by atoms with E-state index in [0.29, 0.717) is 23.0 Å². The largest absolute Gasteiger partial charge is 0.393 e. The Morgan fingerprint density at radius 2 is 1.79 bits per heavy atom. The lowest BCUT2D eigenvalue weighted by Gasteiger charge is -2.57. The van der Waals surface area contributed by atoms with E-state index in [1.165, 1.54) is 50.5 Å². The molecule has 4 rings (SSSR count). The molecule has 0 bridgehead atoms. The van der Waals surface area contributed by atoms with Crippen LogP contribution in [0, 0.1) is 46.3 Å². The van der Waals surface area contributed by atoms with Crippen LogP contribution in [-0.2, 0) is 4.79 Å². The molecule has 0 unspecified atom stereocenters. The molecule has 0 aliphatic heterocycles. The number of hydrogen-bond donors (Lipinski definition) is 1. The third-order valence-electron chi connectivity index (χ3n) is 10.1. The van der Waals surface area contributed by atoms with Crippen LogP contribution in [0.15, 0.2) is 11.6 Å². The summed E-state index contributed by atoms with van der Waals surface area (Å²) in [4.78, 5) is 13.4. The molecule has 3 fully saturated rings. The minimum atomic E-state index is -0.241. The van der Waals surface area contributed by atoms with Crippen LogP contribution in [0.3, 0.4) is 0 Å². The fourth-order valence-electron chi connectivity index (χ4n) is 8.41. The highest BCUT2D eigenvalue weighted by Crippen LogP contribution is 2.66. The van der Waals surface area contributed by atoms with Gasteiger partial charge in [-0.1, -0.05) is 59.5 Å². The summed E-state index contributed by atoms with van der Waals surface area (Å²) < 4.78 is 0. The van der Waals surface area contributed by atoms with E-state index in [-0.39, 0.29) is 17.4 Å². The third kappa shape index (κ3) is 3.56. The molecule has 2 heteroatoms. The van der Waals surface area contributed by atoms with E-state index in [2.05, 4.69) is 34.6 Å². The van der Waals surface area contributed by atoms with Crippen molar-refractivity contribution in [2.24, 2.45) is 46.3 Å². The first-order chi connectivity index (χ1) is 13.7. The lowest BCUT2D eigenvalue weighted by atomic mass is 9.46. The van der Waals surface area contributed by atoms with Gasteiger partial charge in [0.15, 0.2) is 5.78 Å². The number of fused-ring (bicyclic) bond motifs is 5. The first-order valence-corrected chi connectivity index (χ1v) is 12.6. The van der Waals surface area contributed by atoms with Gasteiger partial charge in [0.05, 0.1) is 6.10 Å². The van der Waals surface area contributed by atoms with E-state index in [0.717, 1.165) is 37.0 Å². The van der Waals surface area contributed by atoms with Crippen LogP contribution in [0.5, 0.6) is 0 Å². The highest BCUT2D eigenvalue weighted by molar-refractivity contribution is 5.94. The second kappa shape index (κ2) is 7.81. The average molecular weight is 401 g/mol. The SMILES string of the molecule is CC(C)CCC[C@H](C)[C@@H]1CC[C@@H]2[C@@H]3C(=O)C=C4C[C@H](O)CC[C@@]4(C)[C@H]3CC[C@@]21C. The molecule has 0 aromatic heterocycles. The highest BCUT2D eigenvalue weighted by atomic mass is 16.3. The maximum Gasteiger partial charge on any atom is 0.159 e. The van der Waals surface area contributed by atoms with E-state index < -0.39 is 0 Å². The number of hydrogen-bond acceptors (Lipinski definition) is 2. The molecule has 4 aliphatic rings. The van der Waals surface area contributed by atoms with Crippen molar-refractivity contribution in [2.75, 3.05) is 0 Å². The minimum absolute atomic E-state index is 0.153. The quantitative estimate of drug-likeness (QED) is 0.567. The number of ketones is 1. The Morgan fingerprint density at radius 3 is 2.52 bits per heavy atom. The minimum Gasteiger partial charge on any atom is -0.393 e. The average Bonchev–Trinajstić information content (AvgIpc) is 3.00. The van der Waals surface area contributed by atoms with Gasteiger partial charge in [-0.25, -0.2) is 0 Å². The van der Waals surface area contributed by atoms with Crippen molar-refractivity contribution in [3.63, 3.8) is 0 Å². The van der Waals surface area contributed by atoms with Crippen molar-refractivity contribution in [3.8, 4) is 0 Å². The van der Waals surface area contributed by atoms with Gasteiger partial charge in [0.25, 0.3) is 0 Å². The molecule has 0 aromatic carbocycles. The summed E-state index contributed by atoms with van der Waals surface area (Å²) in [5.41, 5.74) is 1.77. The lowest BCUT2D eigenvalue weighted by molar-refractivity contribution is -0.135. The molecule has 8 atom stereocenters. The van der Waals surface area contributed by atoms with Gasteiger partial charge in [0, 0.05) is 5.92 Å². The Morgan fingerprint density at radius 1 is 1.03 bits per heavy atom. The van der Waals surface area contributed by atoms with Crippen LogP contribution >= 0.6 is 0 Å². The molecular formula is C27H44O2. The van der Waals surface area contributed by atoms with E-state index in [9.17, 15) is 9.90 Å². The predicted molar refractivity (Wildman–Crippen MR) is 119 cm³/mol. The van der Waals surface area contributed by atoms with Gasteiger partial charge in [0.2, 0.25) is 0 Å². The maximum atomic E-state index is 13.4. The summed E-state index contributed by atoms with van der Waals surface area (Å²) in [6.45, 7) is 12.1. The van der Waals surface area contributed by atoms with Gasteiger partial charge in [-0.05, 0) is 91.4 Å². The summed E-state index contributed by atoms with van der Waals surface area (Å²) in [5.74, 6) is 4.11. The summed E-state index contributed by atoms with van der Waals surface area (Å²) in [7, 11) is 0. The zero-order valence-corrected chi connectivity index (χ0v) is 19.5. The van der Waals surface area contributed by atoms with Crippen molar-refractivity contribution < 1.29 is 9.90 Å². The number of rotatable bonds is 5. The van der Waals surface area contributed by atoms with Crippen LogP contribution in [0.2, 0.25) is 0 Å². The van der Waals surface area contributed by atoms with Crippen LogP contribution in [0.4, 0.5) is 0 Å². The molecule has 0 aromatic rings. The predicted octanol–water partition coefficient (Wildman–Crippen LogP) is 6.57. The monoisotopic (exact) mass is 400 g/mol. The lowest BCUT2D eigenvalue weighted by Crippen LogP contribution is -2.53. The van der Waals surface area contributed by atoms with Crippen molar-refractivity contribution in [1.29, 1.82) is 0 Å². The number of carbonyl (C=O) groups is 1. The highest BCUT2D eigenvalue weighted by Gasteiger charge is 2.61. The Labute approximate surface area is 178 Å². The van der Waals surface area contributed by atoms with Crippen molar-refractivity contribution in [3.05, 3.63) is 11.6 Å². The van der Waals surface area contributed by atoms with Crippen LogP contribution in [0.25, 0.3) is 0 Å². The molecule has 164 valence electrons. The second-order valence-electron chi connectivity index (χ2n) is 12.2. The van der Waals surface area contributed by atoms with Crippen LogP contribution < -0.4 is 0 Å². The first-order valence-electron chi connectivity index (χ1n) is 12.6. The zero-order chi connectivity index (χ0) is 21.0. The zero-order valence-electron chi connectivity index (χ0n) is 19.5. The van der Waals surface area contributed by atoms with Gasteiger partial charge < -0.3 is 5.11 Å². The van der Waals surface area contributed by atoms with E-state index in [4.69, 9.17) is 0 Å². The molecule has 3 saturated carbocycles. The summed E-state index contributed by atoms with van der Waals surface area (Å²) in [5, 5.41) is 10.2. The fourth-order valence-corrected chi connectivity index (χ4v) is 8.41. The first kappa shape index (κ1) is 21.6. The van der Waals surface area contributed by atoms with Crippen LogP contribution in [-0.4, -0.2) is 17.0 Å². The van der Waals surface area contributed by atoms with Gasteiger partial charge in [-0.15, -0.1) is 0 Å². The third-order valence-corrected chi connectivity index (χ3v) is 10.1. The molecule has 0 radical (unpaired) electrons. The molecule has 2 nitrogen and oxygen atoms in total. The van der Waals surface area contributed by atoms with Gasteiger partial charge in [-0.2, -0.15) is 0 Å². The topological polar surface area (TPSA) is 37.3 Å². The molecule has 0 saturated heterocycles. The molecule has 0 heterocycles. The molecular weight excluding hydrogens is 356 g/mol. The van der Waals surface area contributed by atoms with E-state index >= 15 is 0 Å². The standard InChI is InChI=1S/C27H44O2/c1-17(2)7-6-8-18(3)21-9-10-22-25-23(12-14-27(21,22)5)26(4)13-11-20(28)15-19(26)16-24(25)29/h16-18,20-23,25,28H,6-15H2,1-5H3/t18-,20+,21-,22+,23-,25-,26+,27+/m0/s1. The van der Waals surface area contributed by atoms with Gasteiger partial charge in [-0.3, -0.25) is 4.79 Å². The van der Waals surface area contributed by atoms with Gasteiger partial charge >= 0.3 is 0 Å². The van der Waals surface area contributed by atoms with Gasteiger partial charge in [0.1, 0.15) is 0 Å². The summed E-state index contributed by atoms with van der Waals surface area (Å²) in [6.07, 6.45) is 13.6. The number of aliphatic hydroxyl groups excluding tert-OH is 1. The summed E-state index contributed by atoms with van der Waals surface area (Å²) >= 11 is 0. The second-order valence-corrected chi connectivity index (χ2v) is 12.2. The smallest absolute Gasteiger partial charge is 0.159 e. The van der Waals surface area contributed by atoms with Crippen molar-refractivity contribution in [1.82, 2.24) is 0 Å². The van der Waals surface area contributed by atoms with Crippen molar-refractivity contribution >= 4 is 5.78 Å². The number of carbonyl (C=O) groups excluding carboxylic acids is 1.